The molecule has 0 saturated heterocycles. The highest BCUT2D eigenvalue weighted by Crippen LogP contribution is 2.50. The summed E-state index contributed by atoms with van der Waals surface area (Å²) in [6, 6.07) is 0.402. The lowest BCUT2D eigenvalue weighted by atomic mass is 9.66. The van der Waals surface area contributed by atoms with Crippen LogP contribution in [0, 0.1) is 5.92 Å². The fourth-order valence-corrected chi connectivity index (χ4v) is 3.92. The van der Waals surface area contributed by atoms with E-state index in [-0.39, 0.29) is 29.8 Å². The molecule has 0 aromatic heterocycles. The first-order chi connectivity index (χ1) is 10.9. The number of hydrogen-bond donors (Lipinski definition) is 5. The number of ether oxygens (including phenoxy) is 2. The number of nitrogens with two attached hydrogens (primary N) is 1. The van der Waals surface area contributed by atoms with Crippen LogP contribution in [0.4, 0.5) is 0 Å². The smallest absolute Gasteiger partial charge is 0.255 e. The van der Waals surface area contributed by atoms with Crippen LogP contribution < -0.4 is 20.5 Å². The fraction of sp³-hybridized carbons (Fsp3) is 0.533. The molecule has 1 aliphatic carbocycles. The number of aromatic hydroxyl groups is 1. The lowest BCUT2D eigenvalue weighted by molar-refractivity contribution is -0.0701. The van der Waals surface area contributed by atoms with Crippen molar-refractivity contribution in [3.8, 4) is 17.2 Å². The number of phenolic OH excluding ortho intramolecular Hbond substituents is 1. The maximum atomic E-state index is 12.4. The Morgan fingerprint density at radius 1 is 1.30 bits per heavy atom. The van der Waals surface area contributed by atoms with Gasteiger partial charge in [-0.05, 0) is 11.6 Å². The molecule has 0 bridgehead atoms. The topological polar surface area (TPSA) is 134 Å². The molecule has 6 N–H and O–H groups in total. The normalized spacial score (nSPS) is 37.8. The lowest BCUT2D eigenvalue weighted by Gasteiger charge is -2.48. The number of fused-ring (bicyclic) bond motifs is 4. The standard InChI is InChI=1S/C15H18N2O6/c1-4-10-7(9(16)13(20)11(4)18)5-2-6-14(23-3-22-6)12(19)8(5)15(21)17-10/h2,4,7,9-11,13,18-20H,3,16H2,1H3,(H,17,21)/t4-,7-,9+,10-,11-,13-/m0/s1. The van der Waals surface area contributed by atoms with E-state index in [1.165, 1.54) is 0 Å². The molecule has 124 valence electrons. The Morgan fingerprint density at radius 3 is 2.78 bits per heavy atom. The van der Waals surface area contributed by atoms with Crippen LogP contribution in [0.1, 0.15) is 28.8 Å². The molecular weight excluding hydrogens is 304 g/mol. The Balaban J connectivity index is 1.91. The van der Waals surface area contributed by atoms with Crippen LogP contribution in [0.15, 0.2) is 6.07 Å². The number of amides is 1. The summed E-state index contributed by atoms with van der Waals surface area (Å²) in [5, 5.41) is 33.5. The average molecular weight is 322 g/mol. The first kappa shape index (κ1) is 14.6. The van der Waals surface area contributed by atoms with Crippen molar-refractivity contribution < 1.29 is 29.6 Å². The summed E-state index contributed by atoms with van der Waals surface area (Å²) in [6.45, 7) is 1.71. The minimum absolute atomic E-state index is 0.0364. The van der Waals surface area contributed by atoms with Gasteiger partial charge in [0.25, 0.3) is 5.91 Å². The summed E-state index contributed by atoms with van der Waals surface area (Å²) in [5.74, 6) is -1.10. The van der Waals surface area contributed by atoms with Crippen molar-refractivity contribution in [3.05, 3.63) is 17.2 Å². The summed E-state index contributed by atoms with van der Waals surface area (Å²) in [6.07, 6.45) is -2.16. The Bertz CT molecular complexity index is 693. The van der Waals surface area contributed by atoms with Crippen molar-refractivity contribution in [1.82, 2.24) is 5.32 Å². The second kappa shape index (κ2) is 4.73. The minimum Gasteiger partial charge on any atom is -0.504 e. The highest BCUT2D eigenvalue weighted by Gasteiger charge is 2.51. The molecule has 6 atom stereocenters. The molecule has 8 heteroatoms. The van der Waals surface area contributed by atoms with Crippen LogP contribution in [0.5, 0.6) is 17.2 Å². The number of carbonyl (C=O) groups is 1. The summed E-state index contributed by atoms with van der Waals surface area (Å²) in [7, 11) is 0. The molecule has 3 aliphatic rings. The Hall–Kier alpha value is -2.03. The van der Waals surface area contributed by atoms with Crippen LogP contribution in [0.3, 0.4) is 0 Å². The largest absolute Gasteiger partial charge is 0.504 e. The van der Waals surface area contributed by atoms with E-state index in [0.29, 0.717) is 11.3 Å². The van der Waals surface area contributed by atoms with Crippen LogP contribution in [-0.2, 0) is 0 Å². The molecule has 8 nitrogen and oxygen atoms in total. The molecule has 0 spiro atoms. The maximum absolute atomic E-state index is 12.4. The summed E-state index contributed by atoms with van der Waals surface area (Å²) in [4.78, 5) is 12.4. The Kier molecular flexibility index (Phi) is 2.99. The average Bonchev–Trinajstić information content (AvgIpc) is 2.99. The monoisotopic (exact) mass is 322 g/mol. The molecule has 23 heavy (non-hydrogen) atoms. The van der Waals surface area contributed by atoms with E-state index in [1.54, 1.807) is 13.0 Å². The van der Waals surface area contributed by atoms with E-state index in [0.717, 1.165) is 0 Å². The van der Waals surface area contributed by atoms with E-state index in [4.69, 9.17) is 15.2 Å². The van der Waals surface area contributed by atoms with Crippen LogP contribution in [0.25, 0.3) is 0 Å². The maximum Gasteiger partial charge on any atom is 0.255 e. The minimum atomic E-state index is -1.12. The zero-order valence-electron chi connectivity index (χ0n) is 12.4. The first-order valence-electron chi connectivity index (χ1n) is 7.50. The van der Waals surface area contributed by atoms with Gasteiger partial charge in [0.2, 0.25) is 12.5 Å². The molecular formula is C15H18N2O6. The third-order valence-electron chi connectivity index (χ3n) is 5.20. The molecule has 1 aromatic carbocycles. The molecule has 1 fully saturated rings. The van der Waals surface area contributed by atoms with Crippen molar-refractivity contribution in [1.29, 1.82) is 0 Å². The van der Waals surface area contributed by atoms with Gasteiger partial charge in [0, 0.05) is 23.9 Å². The number of rotatable bonds is 0. The van der Waals surface area contributed by atoms with Gasteiger partial charge in [-0.2, -0.15) is 0 Å². The van der Waals surface area contributed by atoms with Gasteiger partial charge in [-0.25, -0.2) is 0 Å². The van der Waals surface area contributed by atoms with E-state index in [9.17, 15) is 20.1 Å². The second-order valence-corrected chi connectivity index (χ2v) is 6.37. The predicted molar refractivity (Wildman–Crippen MR) is 77.4 cm³/mol. The molecule has 1 amide bonds. The highest BCUT2D eigenvalue weighted by molar-refractivity contribution is 6.01. The van der Waals surface area contributed by atoms with Gasteiger partial charge < -0.3 is 35.8 Å². The van der Waals surface area contributed by atoms with Crippen LogP contribution >= 0.6 is 0 Å². The van der Waals surface area contributed by atoms with Crippen molar-refractivity contribution in [3.63, 3.8) is 0 Å². The number of carbonyl (C=O) groups excluding carboxylic acids is 1. The van der Waals surface area contributed by atoms with Crippen molar-refractivity contribution in [2.45, 2.75) is 37.1 Å². The molecule has 1 aromatic rings. The summed E-state index contributed by atoms with van der Waals surface area (Å²) in [5.41, 5.74) is 6.72. The molecule has 2 heterocycles. The highest BCUT2D eigenvalue weighted by atomic mass is 16.7. The van der Waals surface area contributed by atoms with Gasteiger partial charge in [0.15, 0.2) is 11.5 Å². The lowest BCUT2D eigenvalue weighted by Crippen LogP contribution is -2.65. The summed E-state index contributed by atoms with van der Waals surface area (Å²) >= 11 is 0. The van der Waals surface area contributed by atoms with E-state index in [2.05, 4.69) is 5.32 Å². The zero-order chi connectivity index (χ0) is 16.5. The van der Waals surface area contributed by atoms with Gasteiger partial charge >= 0.3 is 0 Å². The van der Waals surface area contributed by atoms with Crippen molar-refractivity contribution >= 4 is 5.91 Å². The molecule has 0 radical (unpaired) electrons. The third kappa shape index (κ3) is 1.79. The number of nitrogens with one attached hydrogen (secondary N) is 1. The SMILES string of the molecule is C[C@@H]1[C@H](O)[C@@H](O)[C@H](N)[C@@H]2c3cc4c(c(O)c3C(=O)N[C@@H]12)OCO4. The van der Waals surface area contributed by atoms with Gasteiger partial charge in [-0.3, -0.25) is 4.79 Å². The third-order valence-corrected chi connectivity index (χ3v) is 5.20. The van der Waals surface area contributed by atoms with Crippen molar-refractivity contribution in [2.24, 2.45) is 11.7 Å². The zero-order valence-corrected chi connectivity index (χ0v) is 12.4. The molecule has 1 saturated carbocycles. The second-order valence-electron chi connectivity index (χ2n) is 6.37. The van der Waals surface area contributed by atoms with Gasteiger partial charge in [-0.15, -0.1) is 0 Å². The van der Waals surface area contributed by atoms with Crippen LogP contribution in [-0.4, -0.2) is 52.3 Å². The quantitative estimate of drug-likeness (QED) is 0.414. The Morgan fingerprint density at radius 2 is 2.04 bits per heavy atom. The van der Waals surface area contributed by atoms with E-state index in [1.807, 2.05) is 0 Å². The Labute approximate surface area is 131 Å². The number of benzene rings is 1. The molecule has 2 aliphatic heterocycles. The molecule has 0 unspecified atom stereocenters. The fourth-order valence-electron chi connectivity index (χ4n) is 3.92. The van der Waals surface area contributed by atoms with Gasteiger partial charge in [0.1, 0.15) is 0 Å². The number of aliphatic hydroxyl groups excluding tert-OH is 2. The molecule has 4 rings (SSSR count). The van der Waals surface area contributed by atoms with Gasteiger partial charge in [-0.1, -0.05) is 6.92 Å². The summed E-state index contributed by atoms with van der Waals surface area (Å²) < 4.78 is 10.5. The first-order valence-corrected chi connectivity index (χ1v) is 7.50. The van der Waals surface area contributed by atoms with Crippen molar-refractivity contribution in [2.75, 3.05) is 6.79 Å². The number of hydrogen-bond acceptors (Lipinski definition) is 7. The van der Waals surface area contributed by atoms with Crippen LogP contribution in [0.2, 0.25) is 0 Å². The van der Waals surface area contributed by atoms with E-state index < -0.39 is 36.1 Å². The number of phenols is 1. The van der Waals surface area contributed by atoms with E-state index >= 15 is 0 Å². The number of aliphatic hydroxyl groups is 2. The van der Waals surface area contributed by atoms with Gasteiger partial charge in [0.05, 0.1) is 17.8 Å². The predicted octanol–water partition coefficient (Wildman–Crippen LogP) is -0.985.